The maximum Gasteiger partial charge on any atom is 0.259 e. The second-order valence-corrected chi connectivity index (χ2v) is 7.08. The molecular weight excluding hydrogens is 430 g/mol. The van der Waals surface area contributed by atoms with Crippen LogP contribution in [0.15, 0.2) is 65.5 Å². The number of nitrogens with zero attached hydrogens (tertiary/aromatic N) is 2. The van der Waals surface area contributed by atoms with Crippen molar-refractivity contribution in [1.82, 2.24) is 15.3 Å². The van der Waals surface area contributed by atoms with Gasteiger partial charge in [-0.1, -0.05) is 18.3 Å². The van der Waals surface area contributed by atoms with Crippen molar-refractivity contribution in [2.75, 3.05) is 34.7 Å². The molecule has 2 aromatic rings. The smallest absolute Gasteiger partial charge is 0.259 e. The number of thioether (sulfide) groups is 1. The highest BCUT2D eigenvalue weighted by Crippen LogP contribution is 2.33. The van der Waals surface area contributed by atoms with Crippen molar-refractivity contribution in [3.05, 3.63) is 65.9 Å². The van der Waals surface area contributed by atoms with E-state index < -0.39 is 0 Å². The molecular formula is C23H27N3O5S. The van der Waals surface area contributed by atoms with E-state index in [4.69, 9.17) is 18.9 Å². The Morgan fingerprint density at radius 1 is 1.09 bits per heavy atom. The lowest BCUT2D eigenvalue weighted by molar-refractivity contribution is 0.0965. The van der Waals surface area contributed by atoms with E-state index in [1.165, 1.54) is 38.3 Å². The minimum Gasteiger partial charge on any atom is -0.493 e. The van der Waals surface area contributed by atoms with E-state index in [0.29, 0.717) is 50.7 Å². The highest BCUT2D eigenvalue weighted by Gasteiger charge is 2.18. The molecule has 9 heteroatoms. The van der Waals surface area contributed by atoms with Crippen molar-refractivity contribution in [2.45, 2.75) is 12.1 Å². The molecule has 32 heavy (non-hydrogen) atoms. The standard InChI is InChI=1S/C23H27N3O5S/c1-8-17(28-3)19(30-5)11-14(2)25-22(27)16-13-24-23(32-7)26-21(16)15-9-10-18(29-4)20(12-15)31-6/h8-13H,1H2,2-7H3,(H,25,27)/b14-11+,19-17-. The van der Waals surface area contributed by atoms with E-state index in [9.17, 15) is 4.79 Å². The van der Waals surface area contributed by atoms with Gasteiger partial charge in [0.2, 0.25) is 0 Å². The molecule has 1 heterocycles. The van der Waals surface area contributed by atoms with Crippen LogP contribution in [0.25, 0.3) is 11.3 Å². The first kappa shape index (κ1) is 24.8. The summed E-state index contributed by atoms with van der Waals surface area (Å²) in [5.74, 6) is 1.61. The van der Waals surface area contributed by atoms with Gasteiger partial charge in [0.15, 0.2) is 28.2 Å². The van der Waals surface area contributed by atoms with Crippen LogP contribution < -0.4 is 14.8 Å². The van der Waals surface area contributed by atoms with Gasteiger partial charge < -0.3 is 24.3 Å². The normalized spacial score (nSPS) is 11.9. The van der Waals surface area contributed by atoms with Gasteiger partial charge in [0.25, 0.3) is 5.91 Å². The van der Waals surface area contributed by atoms with Gasteiger partial charge in [-0.2, -0.15) is 0 Å². The number of allylic oxidation sites excluding steroid dienone is 3. The van der Waals surface area contributed by atoms with Crippen LogP contribution in [0.4, 0.5) is 0 Å². The Bertz CT molecular complexity index is 1050. The van der Waals surface area contributed by atoms with Crippen molar-refractivity contribution in [3.8, 4) is 22.8 Å². The number of ether oxygens (including phenoxy) is 4. The van der Waals surface area contributed by atoms with E-state index in [1.807, 2.05) is 12.3 Å². The number of hydrogen-bond acceptors (Lipinski definition) is 8. The van der Waals surface area contributed by atoms with Crippen LogP contribution >= 0.6 is 11.8 Å². The van der Waals surface area contributed by atoms with Gasteiger partial charge in [-0.05, 0) is 37.5 Å². The molecule has 0 aliphatic heterocycles. The van der Waals surface area contributed by atoms with E-state index in [0.717, 1.165) is 0 Å². The molecule has 0 atom stereocenters. The fraction of sp³-hybridized carbons (Fsp3) is 0.261. The van der Waals surface area contributed by atoms with Crippen LogP contribution in [0, 0.1) is 0 Å². The number of hydrogen-bond donors (Lipinski definition) is 1. The molecule has 0 unspecified atom stereocenters. The zero-order chi connectivity index (χ0) is 23.7. The monoisotopic (exact) mass is 457 g/mol. The molecule has 170 valence electrons. The maximum absolute atomic E-state index is 13.1. The van der Waals surface area contributed by atoms with Gasteiger partial charge in [0, 0.05) is 23.5 Å². The molecule has 1 amide bonds. The fourth-order valence-electron chi connectivity index (χ4n) is 2.83. The first-order valence-electron chi connectivity index (χ1n) is 9.50. The van der Waals surface area contributed by atoms with Crippen LogP contribution in [-0.2, 0) is 9.47 Å². The summed E-state index contributed by atoms with van der Waals surface area (Å²) in [5.41, 5.74) is 2.01. The van der Waals surface area contributed by atoms with E-state index >= 15 is 0 Å². The molecule has 0 saturated carbocycles. The Balaban J connectivity index is 2.48. The highest BCUT2D eigenvalue weighted by molar-refractivity contribution is 7.98. The third-order valence-electron chi connectivity index (χ3n) is 4.38. The molecule has 1 aromatic heterocycles. The number of carbonyl (C=O) groups is 1. The predicted molar refractivity (Wildman–Crippen MR) is 125 cm³/mol. The number of methoxy groups -OCH3 is 4. The minimum absolute atomic E-state index is 0.307. The minimum atomic E-state index is -0.371. The SMILES string of the molecule is C=C/C(OC)=C(\C=C(/C)NC(=O)c1cnc(SC)nc1-c1ccc(OC)c(OC)c1)OC. The van der Waals surface area contributed by atoms with E-state index in [2.05, 4.69) is 21.9 Å². The summed E-state index contributed by atoms with van der Waals surface area (Å²) in [6, 6.07) is 5.35. The summed E-state index contributed by atoms with van der Waals surface area (Å²) in [4.78, 5) is 21.9. The number of aromatic nitrogens is 2. The predicted octanol–water partition coefficient (Wildman–Crippen LogP) is 4.21. The van der Waals surface area contributed by atoms with Crippen LogP contribution in [0.1, 0.15) is 17.3 Å². The highest BCUT2D eigenvalue weighted by atomic mass is 32.2. The number of carbonyl (C=O) groups excluding carboxylic acids is 1. The molecule has 1 aromatic carbocycles. The van der Waals surface area contributed by atoms with E-state index in [-0.39, 0.29) is 5.91 Å². The average Bonchev–Trinajstić information content (AvgIpc) is 2.82. The molecule has 0 aliphatic carbocycles. The topological polar surface area (TPSA) is 91.8 Å². The van der Waals surface area contributed by atoms with Gasteiger partial charge in [-0.3, -0.25) is 4.79 Å². The van der Waals surface area contributed by atoms with Crippen LogP contribution in [0.5, 0.6) is 11.5 Å². The van der Waals surface area contributed by atoms with Crippen molar-refractivity contribution in [1.29, 1.82) is 0 Å². The molecule has 2 rings (SSSR count). The molecule has 0 spiro atoms. The maximum atomic E-state index is 13.1. The molecule has 0 fully saturated rings. The van der Waals surface area contributed by atoms with Crippen molar-refractivity contribution in [2.24, 2.45) is 0 Å². The van der Waals surface area contributed by atoms with Crippen molar-refractivity contribution < 1.29 is 23.7 Å². The molecule has 0 bridgehead atoms. The van der Waals surface area contributed by atoms with Crippen LogP contribution in [0.3, 0.4) is 0 Å². The van der Waals surface area contributed by atoms with Gasteiger partial charge in [0.1, 0.15) is 0 Å². The zero-order valence-corrected chi connectivity index (χ0v) is 19.8. The molecule has 8 nitrogen and oxygen atoms in total. The summed E-state index contributed by atoms with van der Waals surface area (Å²) < 4.78 is 21.2. The Kier molecular flexibility index (Phi) is 9.15. The van der Waals surface area contributed by atoms with Crippen molar-refractivity contribution in [3.63, 3.8) is 0 Å². The Labute approximate surface area is 192 Å². The quantitative estimate of drug-likeness (QED) is 0.246. The zero-order valence-electron chi connectivity index (χ0n) is 19.0. The Morgan fingerprint density at radius 3 is 2.34 bits per heavy atom. The van der Waals surface area contributed by atoms with Gasteiger partial charge in [-0.25, -0.2) is 9.97 Å². The summed E-state index contributed by atoms with van der Waals surface area (Å²) in [5, 5.41) is 3.38. The summed E-state index contributed by atoms with van der Waals surface area (Å²) in [7, 11) is 6.13. The Morgan fingerprint density at radius 2 is 1.78 bits per heavy atom. The third-order valence-corrected chi connectivity index (χ3v) is 4.94. The van der Waals surface area contributed by atoms with Crippen LogP contribution in [-0.4, -0.2) is 50.6 Å². The van der Waals surface area contributed by atoms with Gasteiger partial charge >= 0.3 is 0 Å². The first-order valence-corrected chi connectivity index (χ1v) is 10.7. The van der Waals surface area contributed by atoms with Gasteiger partial charge in [-0.15, -0.1) is 0 Å². The first-order chi connectivity index (χ1) is 15.4. The van der Waals surface area contributed by atoms with E-state index in [1.54, 1.807) is 39.4 Å². The number of rotatable bonds is 10. The average molecular weight is 458 g/mol. The second kappa shape index (κ2) is 11.8. The third kappa shape index (κ3) is 5.82. The van der Waals surface area contributed by atoms with Crippen molar-refractivity contribution >= 4 is 17.7 Å². The summed E-state index contributed by atoms with van der Waals surface area (Å²) in [6.07, 6.45) is 6.54. The largest absolute Gasteiger partial charge is 0.493 e. The fourth-order valence-corrected chi connectivity index (χ4v) is 3.17. The number of benzene rings is 1. The summed E-state index contributed by atoms with van der Waals surface area (Å²) in [6.45, 7) is 5.42. The van der Waals surface area contributed by atoms with Gasteiger partial charge in [0.05, 0.1) is 39.7 Å². The van der Waals surface area contributed by atoms with Crippen LogP contribution in [0.2, 0.25) is 0 Å². The lowest BCUT2D eigenvalue weighted by Crippen LogP contribution is -2.23. The molecule has 0 aliphatic rings. The molecule has 0 saturated heterocycles. The molecule has 0 radical (unpaired) electrons. The lowest BCUT2D eigenvalue weighted by atomic mass is 10.1. The molecule has 1 N–H and O–H groups in total. The summed E-state index contributed by atoms with van der Waals surface area (Å²) >= 11 is 1.38. The lowest BCUT2D eigenvalue weighted by Gasteiger charge is -2.13. The number of amides is 1. The second-order valence-electron chi connectivity index (χ2n) is 6.31. The Hall–Kier alpha value is -3.46. The number of nitrogens with one attached hydrogen (secondary N) is 1.